The van der Waals surface area contributed by atoms with Gasteiger partial charge in [-0.05, 0) is 35.9 Å². The minimum Gasteiger partial charge on any atom is -0.331 e. The molecule has 1 amide bonds. The lowest BCUT2D eigenvalue weighted by Crippen LogP contribution is -2.30. The predicted octanol–water partition coefficient (Wildman–Crippen LogP) is 4.45. The van der Waals surface area contributed by atoms with Crippen LogP contribution in [-0.2, 0) is 16.6 Å². The number of carbonyl (C=O) groups excluding carboxylic acids is 1. The molecule has 5 nitrogen and oxygen atoms in total. The molecule has 0 aliphatic rings. The summed E-state index contributed by atoms with van der Waals surface area (Å²) in [4.78, 5) is 14.5. The normalized spacial score (nSPS) is 11.0. The van der Waals surface area contributed by atoms with E-state index in [9.17, 15) is 17.6 Å². The number of para-hydroxylation sites is 1. The maximum atomic E-state index is 13.8. The van der Waals surface area contributed by atoms with Crippen LogP contribution in [0.15, 0.2) is 96.4 Å². The quantitative estimate of drug-likeness (QED) is 0.543. The Bertz CT molecular complexity index is 1150. The van der Waals surface area contributed by atoms with Crippen molar-refractivity contribution in [1.82, 2.24) is 4.90 Å². The van der Waals surface area contributed by atoms with Crippen LogP contribution in [0.3, 0.4) is 0 Å². The van der Waals surface area contributed by atoms with Gasteiger partial charge in [0.1, 0.15) is 5.82 Å². The Morgan fingerprint density at radius 1 is 1.00 bits per heavy atom. The summed E-state index contributed by atoms with van der Waals surface area (Å²) >= 11 is 0. The minimum absolute atomic E-state index is 0.130. The van der Waals surface area contributed by atoms with Crippen LogP contribution in [0.25, 0.3) is 0 Å². The molecule has 0 aliphatic carbocycles. The molecule has 1 N–H and O–H groups in total. The average molecular weight is 424 g/mol. The SMILES string of the molecule is C=CCN(Cc1ccccc1)C(=O)c1cccc(S(=O)(=O)Nc2ccccc2F)c1. The zero-order chi connectivity index (χ0) is 21.6. The maximum Gasteiger partial charge on any atom is 0.262 e. The van der Waals surface area contributed by atoms with Crippen LogP contribution in [0.4, 0.5) is 10.1 Å². The molecule has 0 heterocycles. The molecule has 0 radical (unpaired) electrons. The topological polar surface area (TPSA) is 66.5 Å². The fourth-order valence-electron chi connectivity index (χ4n) is 2.91. The van der Waals surface area contributed by atoms with Crippen LogP contribution in [0.1, 0.15) is 15.9 Å². The molecule has 0 saturated carbocycles. The first-order chi connectivity index (χ1) is 14.4. The van der Waals surface area contributed by atoms with Crippen LogP contribution in [0.5, 0.6) is 0 Å². The van der Waals surface area contributed by atoms with Crippen LogP contribution in [0.2, 0.25) is 0 Å². The Morgan fingerprint density at radius 2 is 1.70 bits per heavy atom. The van der Waals surface area contributed by atoms with Gasteiger partial charge in [-0.1, -0.05) is 54.6 Å². The summed E-state index contributed by atoms with van der Waals surface area (Å²) in [5.74, 6) is -1.02. The monoisotopic (exact) mass is 424 g/mol. The van der Waals surface area contributed by atoms with Gasteiger partial charge < -0.3 is 4.90 Å². The Balaban J connectivity index is 1.86. The molecule has 0 unspecified atom stereocenters. The summed E-state index contributed by atoms with van der Waals surface area (Å²) in [7, 11) is -4.07. The highest BCUT2D eigenvalue weighted by Gasteiger charge is 2.20. The summed E-state index contributed by atoms with van der Waals surface area (Å²) in [5, 5.41) is 0. The van der Waals surface area contributed by atoms with Crippen molar-refractivity contribution < 1.29 is 17.6 Å². The summed E-state index contributed by atoms with van der Waals surface area (Å²) < 4.78 is 41.5. The Labute approximate surface area is 175 Å². The number of sulfonamides is 1. The molecule has 7 heteroatoms. The number of halogens is 1. The third kappa shape index (κ3) is 5.12. The molecular weight excluding hydrogens is 403 g/mol. The lowest BCUT2D eigenvalue weighted by atomic mass is 10.1. The van der Waals surface area contributed by atoms with Gasteiger partial charge in [-0.25, -0.2) is 12.8 Å². The van der Waals surface area contributed by atoms with E-state index in [1.54, 1.807) is 17.0 Å². The van der Waals surface area contributed by atoms with E-state index in [-0.39, 0.29) is 22.1 Å². The first kappa shape index (κ1) is 21.3. The third-order valence-corrected chi connectivity index (χ3v) is 5.73. The van der Waals surface area contributed by atoms with E-state index in [4.69, 9.17) is 0 Å². The summed E-state index contributed by atoms with van der Waals surface area (Å²) in [6.45, 7) is 4.36. The van der Waals surface area contributed by atoms with Gasteiger partial charge in [0.2, 0.25) is 0 Å². The van der Waals surface area contributed by atoms with Crippen LogP contribution >= 0.6 is 0 Å². The average Bonchev–Trinajstić information content (AvgIpc) is 2.75. The maximum absolute atomic E-state index is 13.8. The molecule has 0 atom stereocenters. The van der Waals surface area contributed by atoms with Crippen molar-refractivity contribution >= 4 is 21.6 Å². The fourth-order valence-corrected chi connectivity index (χ4v) is 4.02. The van der Waals surface area contributed by atoms with Crippen LogP contribution in [-0.4, -0.2) is 25.8 Å². The van der Waals surface area contributed by atoms with Gasteiger partial charge in [-0.3, -0.25) is 9.52 Å². The number of hydrogen-bond donors (Lipinski definition) is 1. The number of rotatable bonds is 8. The van der Waals surface area contributed by atoms with Gasteiger partial charge in [0.05, 0.1) is 10.6 Å². The second-order valence-electron chi connectivity index (χ2n) is 6.57. The van der Waals surface area contributed by atoms with Gasteiger partial charge >= 0.3 is 0 Å². The standard InChI is InChI=1S/C23H21FN2O3S/c1-2-15-26(17-18-9-4-3-5-10-18)23(27)19-11-8-12-20(16-19)30(28,29)25-22-14-7-6-13-21(22)24/h2-14,16,25H,1,15,17H2. The van der Waals surface area contributed by atoms with Crippen molar-refractivity contribution in [3.05, 3.63) is 108 Å². The molecule has 3 aromatic carbocycles. The molecule has 0 aromatic heterocycles. The number of hydrogen-bond acceptors (Lipinski definition) is 3. The summed E-state index contributed by atoms with van der Waals surface area (Å²) in [5.41, 5.74) is 0.994. The van der Waals surface area contributed by atoms with Gasteiger partial charge in [0.15, 0.2) is 0 Å². The largest absolute Gasteiger partial charge is 0.331 e. The van der Waals surface area contributed by atoms with Crippen molar-refractivity contribution in [3.8, 4) is 0 Å². The van der Waals surface area contributed by atoms with Gasteiger partial charge in [-0.2, -0.15) is 0 Å². The van der Waals surface area contributed by atoms with Crippen LogP contribution in [0, 0.1) is 5.82 Å². The van der Waals surface area contributed by atoms with Crippen molar-refractivity contribution in [2.45, 2.75) is 11.4 Å². The van der Waals surface area contributed by atoms with Gasteiger partial charge in [0.25, 0.3) is 15.9 Å². The number of amides is 1. The van der Waals surface area contributed by atoms with E-state index in [1.165, 1.54) is 36.4 Å². The molecule has 3 aromatic rings. The third-order valence-electron chi connectivity index (χ3n) is 4.36. The van der Waals surface area contributed by atoms with Gasteiger partial charge in [-0.15, -0.1) is 6.58 Å². The highest BCUT2D eigenvalue weighted by atomic mass is 32.2. The van der Waals surface area contributed by atoms with E-state index >= 15 is 0 Å². The second kappa shape index (κ2) is 9.37. The number of anilines is 1. The van der Waals surface area contributed by atoms with E-state index in [0.717, 1.165) is 11.6 Å². The number of carbonyl (C=O) groups is 1. The zero-order valence-electron chi connectivity index (χ0n) is 16.2. The zero-order valence-corrected chi connectivity index (χ0v) is 17.0. The van der Waals surface area contributed by atoms with Crippen molar-refractivity contribution in [1.29, 1.82) is 0 Å². The van der Waals surface area contributed by atoms with Crippen molar-refractivity contribution in [3.63, 3.8) is 0 Å². The van der Waals surface area contributed by atoms with E-state index in [2.05, 4.69) is 11.3 Å². The molecule has 0 saturated heterocycles. The lowest BCUT2D eigenvalue weighted by molar-refractivity contribution is 0.0762. The molecule has 3 rings (SSSR count). The molecule has 154 valence electrons. The number of benzene rings is 3. The van der Waals surface area contributed by atoms with E-state index in [0.29, 0.717) is 13.1 Å². The van der Waals surface area contributed by atoms with E-state index < -0.39 is 15.8 Å². The molecule has 0 spiro atoms. The molecule has 0 fully saturated rings. The lowest BCUT2D eigenvalue weighted by Gasteiger charge is -2.21. The summed E-state index contributed by atoms with van der Waals surface area (Å²) in [6.07, 6.45) is 1.61. The first-order valence-electron chi connectivity index (χ1n) is 9.22. The molecule has 0 bridgehead atoms. The van der Waals surface area contributed by atoms with Crippen molar-refractivity contribution in [2.24, 2.45) is 0 Å². The smallest absolute Gasteiger partial charge is 0.262 e. The highest BCUT2D eigenvalue weighted by Crippen LogP contribution is 2.20. The Kier molecular flexibility index (Phi) is 6.64. The molecule has 30 heavy (non-hydrogen) atoms. The van der Waals surface area contributed by atoms with Crippen LogP contribution < -0.4 is 4.72 Å². The molecular formula is C23H21FN2O3S. The minimum atomic E-state index is -4.07. The highest BCUT2D eigenvalue weighted by molar-refractivity contribution is 7.92. The predicted molar refractivity (Wildman–Crippen MR) is 115 cm³/mol. The van der Waals surface area contributed by atoms with Gasteiger partial charge in [0, 0.05) is 18.7 Å². The van der Waals surface area contributed by atoms with E-state index in [1.807, 2.05) is 30.3 Å². The number of nitrogens with zero attached hydrogens (tertiary/aromatic N) is 1. The first-order valence-corrected chi connectivity index (χ1v) is 10.7. The summed E-state index contributed by atoms with van der Waals surface area (Å²) in [6, 6.07) is 20.6. The Morgan fingerprint density at radius 3 is 2.40 bits per heavy atom. The van der Waals surface area contributed by atoms with Crippen molar-refractivity contribution in [2.75, 3.05) is 11.3 Å². The fraction of sp³-hybridized carbons (Fsp3) is 0.0870. The number of nitrogens with one attached hydrogen (secondary N) is 1. The second-order valence-corrected chi connectivity index (χ2v) is 8.26. The Hall–Kier alpha value is -3.45. The molecule has 0 aliphatic heterocycles.